The van der Waals surface area contributed by atoms with Crippen LogP contribution in [0.4, 0.5) is 0 Å². The molecule has 7 heteroatoms. The van der Waals surface area contributed by atoms with Gasteiger partial charge in [-0.1, -0.05) is 30.3 Å². The summed E-state index contributed by atoms with van der Waals surface area (Å²) in [4.78, 5) is 26.5. The van der Waals surface area contributed by atoms with E-state index in [-0.39, 0.29) is 17.6 Å². The van der Waals surface area contributed by atoms with Crippen LogP contribution in [-0.4, -0.2) is 62.0 Å². The largest absolute Gasteiger partial charge is 0.339 e. The third-order valence-electron chi connectivity index (χ3n) is 3.65. The zero-order valence-corrected chi connectivity index (χ0v) is 13.4. The maximum atomic E-state index is 12.1. The molecule has 0 N–H and O–H groups in total. The van der Waals surface area contributed by atoms with Crippen molar-refractivity contribution in [2.75, 3.05) is 31.9 Å². The van der Waals surface area contributed by atoms with E-state index in [9.17, 15) is 18.0 Å². The highest BCUT2D eigenvalue weighted by molar-refractivity contribution is 7.91. The van der Waals surface area contributed by atoms with E-state index in [0.717, 1.165) is 0 Å². The minimum Gasteiger partial charge on any atom is -0.339 e. The van der Waals surface area contributed by atoms with Gasteiger partial charge >= 0.3 is 0 Å². The Morgan fingerprint density at radius 3 is 2.09 bits per heavy atom. The normalized spacial score (nSPS) is 15.7. The fourth-order valence-electron chi connectivity index (χ4n) is 2.43. The molecule has 22 heavy (non-hydrogen) atoms. The molecule has 1 aromatic carbocycles. The van der Waals surface area contributed by atoms with Crippen LogP contribution in [0.15, 0.2) is 30.3 Å². The molecule has 1 saturated heterocycles. The van der Waals surface area contributed by atoms with Gasteiger partial charge in [-0.25, -0.2) is 8.42 Å². The lowest BCUT2D eigenvalue weighted by Gasteiger charge is -2.34. The Kier molecular flexibility index (Phi) is 5.18. The van der Waals surface area contributed by atoms with Crippen LogP contribution in [0.3, 0.4) is 0 Å². The van der Waals surface area contributed by atoms with Crippen LogP contribution in [0.25, 0.3) is 0 Å². The quantitative estimate of drug-likeness (QED) is 0.798. The van der Waals surface area contributed by atoms with E-state index in [1.165, 1.54) is 11.8 Å². The predicted octanol–water partition coefficient (Wildman–Crippen LogP) is 0.292. The van der Waals surface area contributed by atoms with E-state index >= 15 is 0 Å². The number of carbonyl (C=O) groups excluding carboxylic acids is 2. The molecule has 0 saturated carbocycles. The van der Waals surface area contributed by atoms with Crippen LogP contribution in [0, 0.1) is 0 Å². The number of hydrogen-bond donors (Lipinski definition) is 0. The number of sulfone groups is 1. The maximum Gasteiger partial charge on any atom is 0.237 e. The summed E-state index contributed by atoms with van der Waals surface area (Å²) in [6, 6.07) is 8.82. The first-order valence-corrected chi connectivity index (χ1v) is 8.97. The Labute approximate surface area is 130 Å². The molecule has 0 bridgehead atoms. The van der Waals surface area contributed by atoms with Crippen LogP contribution in [-0.2, 0) is 25.2 Å². The molecular weight excluding hydrogens is 304 g/mol. The number of nitrogens with zero attached hydrogens (tertiary/aromatic N) is 2. The molecule has 0 aromatic heterocycles. The summed E-state index contributed by atoms with van der Waals surface area (Å²) < 4.78 is 24.2. The molecule has 0 spiro atoms. The zero-order chi connectivity index (χ0) is 16.2. The fraction of sp³-hybridized carbons (Fsp3) is 0.467. The highest BCUT2D eigenvalue weighted by Crippen LogP contribution is 2.09. The van der Waals surface area contributed by atoms with Gasteiger partial charge in [-0.15, -0.1) is 0 Å². The van der Waals surface area contributed by atoms with Gasteiger partial charge in [-0.3, -0.25) is 9.59 Å². The standard InChI is InChI=1S/C15H20N2O4S/c1-13(18)16-7-9-17(10-8-16)15(19)12-22(20,21)11-14-5-3-2-4-6-14/h2-6H,7-12H2,1H3. The van der Waals surface area contributed by atoms with Gasteiger partial charge in [0.25, 0.3) is 0 Å². The summed E-state index contributed by atoms with van der Waals surface area (Å²) in [7, 11) is -3.48. The van der Waals surface area contributed by atoms with Crippen molar-refractivity contribution in [1.82, 2.24) is 9.80 Å². The minimum absolute atomic E-state index is 0.0243. The molecule has 1 aromatic rings. The predicted molar refractivity (Wildman–Crippen MR) is 82.8 cm³/mol. The molecule has 0 aliphatic carbocycles. The Balaban J connectivity index is 1.90. The summed E-state index contributed by atoms with van der Waals surface area (Å²) in [5.41, 5.74) is 0.677. The molecule has 1 fully saturated rings. The second-order valence-electron chi connectivity index (χ2n) is 5.40. The van der Waals surface area contributed by atoms with Crippen molar-refractivity contribution < 1.29 is 18.0 Å². The lowest BCUT2D eigenvalue weighted by molar-refractivity contribution is -0.136. The topological polar surface area (TPSA) is 74.8 Å². The third kappa shape index (κ3) is 4.56. The van der Waals surface area contributed by atoms with Crippen molar-refractivity contribution in [3.05, 3.63) is 35.9 Å². The first-order valence-electron chi connectivity index (χ1n) is 7.15. The molecule has 0 atom stereocenters. The van der Waals surface area contributed by atoms with E-state index < -0.39 is 15.6 Å². The summed E-state index contributed by atoms with van der Waals surface area (Å²) in [5.74, 6) is -1.03. The van der Waals surface area contributed by atoms with Gasteiger partial charge in [-0.2, -0.15) is 0 Å². The van der Waals surface area contributed by atoms with Gasteiger partial charge in [-0.05, 0) is 5.56 Å². The molecule has 1 heterocycles. The van der Waals surface area contributed by atoms with Crippen molar-refractivity contribution in [3.63, 3.8) is 0 Å². The molecule has 0 unspecified atom stereocenters. The van der Waals surface area contributed by atoms with Crippen molar-refractivity contribution in [2.45, 2.75) is 12.7 Å². The van der Waals surface area contributed by atoms with E-state index in [0.29, 0.717) is 31.7 Å². The van der Waals surface area contributed by atoms with Gasteiger partial charge in [0.2, 0.25) is 11.8 Å². The van der Waals surface area contributed by atoms with Gasteiger partial charge in [0.05, 0.1) is 5.75 Å². The van der Waals surface area contributed by atoms with Gasteiger partial charge in [0.1, 0.15) is 5.75 Å². The second-order valence-corrected chi connectivity index (χ2v) is 7.47. The monoisotopic (exact) mass is 324 g/mol. The summed E-state index contributed by atoms with van der Waals surface area (Å²) in [6.07, 6.45) is 0. The van der Waals surface area contributed by atoms with E-state index in [4.69, 9.17) is 0 Å². The number of hydrogen-bond acceptors (Lipinski definition) is 4. The highest BCUT2D eigenvalue weighted by Gasteiger charge is 2.26. The fourth-order valence-corrected chi connectivity index (χ4v) is 3.79. The number of piperazine rings is 1. The Hall–Kier alpha value is -1.89. The molecule has 2 amide bonds. The van der Waals surface area contributed by atoms with Crippen molar-refractivity contribution >= 4 is 21.7 Å². The van der Waals surface area contributed by atoms with Gasteiger partial charge in [0, 0.05) is 33.1 Å². The molecule has 2 rings (SSSR count). The Morgan fingerprint density at radius 1 is 1.00 bits per heavy atom. The first-order chi connectivity index (χ1) is 10.4. The maximum absolute atomic E-state index is 12.1. The summed E-state index contributed by atoms with van der Waals surface area (Å²) >= 11 is 0. The van der Waals surface area contributed by atoms with Crippen LogP contribution in [0.5, 0.6) is 0 Å². The van der Waals surface area contributed by atoms with Gasteiger partial charge in [0.15, 0.2) is 9.84 Å². The molecule has 6 nitrogen and oxygen atoms in total. The summed E-state index contributed by atoms with van der Waals surface area (Å²) in [5, 5.41) is 0. The van der Waals surface area contributed by atoms with Crippen LogP contribution in [0.1, 0.15) is 12.5 Å². The molecular formula is C15H20N2O4S. The molecule has 120 valence electrons. The molecule has 1 aliphatic rings. The summed E-state index contributed by atoms with van der Waals surface area (Å²) in [6.45, 7) is 3.18. The Morgan fingerprint density at radius 2 is 1.55 bits per heavy atom. The third-order valence-corrected chi connectivity index (χ3v) is 5.11. The highest BCUT2D eigenvalue weighted by atomic mass is 32.2. The van der Waals surface area contributed by atoms with E-state index in [2.05, 4.69) is 0 Å². The average molecular weight is 324 g/mol. The van der Waals surface area contributed by atoms with Crippen molar-refractivity contribution in [3.8, 4) is 0 Å². The Bertz CT molecular complexity index is 635. The molecule has 0 radical (unpaired) electrons. The van der Waals surface area contributed by atoms with E-state index in [1.807, 2.05) is 6.07 Å². The van der Waals surface area contributed by atoms with Crippen LogP contribution in [0.2, 0.25) is 0 Å². The van der Waals surface area contributed by atoms with Crippen LogP contribution >= 0.6 is 0 Å². The number of benzene rings is 1. The SMILES string of the molecule is CC(=O)N1CCN(C(=O)CS(=O)(=O)Cc2ccccc2)CC1. The first kappa shape index (κ1) is 16.5. The zero-order valence-electron chi connectivity index (χ0n) is 12.6. The van der Waals surface area contributed by atoms with E-state index in [1.54, 1.807) is 29.2 Å². The minimum atomic E-state index is -3.48. The number of amides is 2. The smallest absolute Gasteiger partial charge is 0.237 e. The van der Waals surface area contributed by atoms with Gasteiger partial charge < -0.3 is 9.80 Å². The lowest BCUT2D eigenvalue weighted by Crippen LogP contribution is -2.51. The van der Waals surface area contributed by atoms with Crippen LogP contribution < -0.4 is 0 Å². The molecule has 1 aliphatic heterocycles. The van der Waals surface area contributed by atoms with Crippen molar-refractivity contribution in [1.29, 1.82) is 0 Å². The average Bonchev–Trinajstić information content (AvgIpc) is 2.47. The van der Waals surface area contributed by atoms with Crippen molar-refractivity contribution in [2.24, 2.45) is 0 Å². The number of rotatable bonds is 4. The second kappa shape index (κ2) is 6.91. The number of carbonyl (C=O) groups is 2. The lowest BCUT2D eigenvalue weighted by atomic mass is 10.2.